The molecule has 554 valence electrons. The molecule has 0 aromatic heterocycles. The first-order valence-electron chi connectivity index (χ1n) is 22.5. The summed E-state index contributed by atoms with van der Waals surface area (Å²) >= 11 is 0. The van der Waals surface area contributed by atoms with Gasteiger partial charge >= 0.3 is 229 Å². The van der Waals surface area contributed by atoms with Gasteiger partial charge in [0.2, 0.25) is 5.78 Å². The second-order valence-corrected chi connectivity index (χ2v) is 17.2. The van der Waals surface area contributed by atoms with Crippen molar-refractivity contribution in [3.63, 3.8) is 0 Å². The van der Waals surface area contributed by atoms with Crippen LogP contribution in [0.2, 0.25) is 0 Å². The molecule has 0 aromatic rings. The average Bonchev–Trinajstić information content (AvgIpc) is 1.55. The molecule has 10 atom stereocenters. The van der Waals surface area contributed by atoms with E-state index in [9.17, 15) is 170 Å². The van der Waals surface area contributed by atoms with Crippen molar-refractivity contribution in [1.82, 2.24) is 0 Å². The Kier molecular flexibility index (Phi) is 38.6. The Labute approximate surface area is 591 Å². The van der Waals surface area contributed by atoms with Gasteiger partial charge in [-0.05, 0) is 27.7 Å². The van der Waals surface area contributed by atoms with Gasteiger partial charge in [0.05, 0.1) is 38.6 Å². The van der Waals surface area contributed by atoms with E-state index in [2.05, 4.69) is 37.9 Å². The van der Waals surface area contributed by atoms with Crippen molar-refractivity contribution in [3.05, 3.63) is 12.0 Å². The maximum absolute atomic E-state index is 13.4. The van der Waals surface area contributed by atoms with E-state index in [1.54, 1.807) is 20.8 Å². The molecule has 4 aliphatic heterocycles. The van der Waals surface area contributed by atoms with Crippen molar-refractivity contribution < 1.29 is 346 Å². The Morgan fingerprint density at radius 3 is 0.853 bits per heavy atom. The molecule has 5 rings (SSSR count). The average molecular weight is 1540 g/mol. The molecule has 0 aromatic carbocycles. The van der Waals surface area contributed by atoms with E-state index in [-0.39, 0.29) is 120 Å². The van der Waals surface area contributed by atoms with Gasteiger partial charge in [0.25, 0.3) is 5.79 Å². The fraction of sp³-hybridized carbons (Fsp3) is 0.825. The fourth-order valence-electron chi connectivity index (χ4n) is 5.02. The molecule has 5 aliphatic rings. The largest absolute Gasteiger partial charge is 1.00 e. The number of esters is 2. The van der Waals surface area contributed by atoms with Gasteiger partial charge in [-0.2, -0.15) is 140 Å². The Bertz CT molecular complexity index is 2330. The van der Waals surface area contributed by atoms with Crippen molar-refractivity contribution in [2.75, 3.05) is 21.3 Å². The van der Waals surface area contributed by atoms with Gasteiger partial charge in [-0.1, -0.05) is 19.3 Å². The van der Waals surface area contributed by atoms with E-state index in [1.165, 1.54) is 33.5 Å². The molecule has 0 bridgehead atoms. The van der Waals surface area contributed by atoms with Gasteiger partial charge in [0.1, 0.15) is 5.97 Å². The summed E-state index contributed by atoms with van der Waals surface area (Å²) in [7, 11) is 3.48. The van der Waals surface area contributed by atoms with Crippen LogP contribution >= 0.6 is 0 Å². The van der Waals surface area contributed by atoms with E-state index in [0.717, 1.165) is 14.0 Å². The maximum atomic E-state index is 13.4. The van der Waals surface area contributed by atoms with E-state index < -0.39 is 156 Å². The Balaban J connectivity index is -0.000000256. The number of Topliss-reactive ketones (excluding diaryl/α,β-unsaturated/α-hetero) is 1. The predicted molar refractivity (Wildman–Crippen MR) is 217 cm³/mol. The zero-order valence-corrected chi connectivity index (χ0v) is 54.5. The summed E-state index contributed by atoms with van der Waals surface area (Å²) in [5.74, 6) is -64.7. The summed E-state index contributed by atoms with van der Waals surface area (Å²) in [6, 6.07) is 0. The number of halogens is 32. The van der Waals surface area contributed by atoms with Gasteiger partial charge in [-0.15, -0.1) is 0 Å². The molecular weight excluding hydrogens is 1500 g/mol. The summed E-state index contributed by atoms with van der Waals surface area (Å²) in [5, 5.41) is 42.2. The number of hydrogen-bond donors (Lipinski definition) is 4. The first-order chi connectivity index (χ1) is 40.3. The predicted octanol–water partition coefficient (Wildman–Crippen LogP) is 2.69. The minimum Gasteiger partial charge on any atom is -0.870 e. The van der Waals surface area contributed by atoms with Crippen LogP contribution in [0, 0.1) is 0 Å². The number of aliphatic hydroxyl groups excluding tert-OH is 3. The van der Waals surface area contributed by atoms with Crippen LogP contribution in [0.4, 0.5) is 140 Å². The number of ketones is 1. The van der Waals surface area contributed by atoms with E-state index in [0.29, 0.717) is 0 Å². The Hall–Kier alpha value is -2.48. The third-order valence-electron chi connectivity index (χ3n) is 10.0. The van der Waals surface area contributed by atoms with Crippen LogP contribution in [0.15, 0.2) is 12.0 Å². The molecule has 21 nitrogen and oxygen atoms in total. The van der Waals surface area contributed by atoms with Crippen molar-refractivity contribution in [3.8, 4) is 0 Å². The van der Waals surface area contributed by atoms with Crippen LogP contribution < -0.4 is 108 Å². The van der Waals surface area contributed by atoms with E-state index in [4.69, 9.17) is 29.9 Å². The second-order valence-electron chi connectivity index (χ2n) is 17.2. The molecule has 1 aliphatic carbocycles. The van der Waals surface area contributed by atoms with Gasteiger partial charge in [0.15, 0.2) is 0 Å². The summed E-state index contributed by atoms with van der Waals surface area (Å²) in [6.45, 7) is 9.54. The van der Waals surface area contributed by atoms with Crippen LogP contribution in [0.5, 0.6) is 0 Å². The number of hydrogen-bond acceptors (Lipinski definition) is 20. The van der Waals surface area contributed by atoms with Crippen LogP contribution in [0.3, 0.4) is 0 Å². The standard InChI is InChI=1S/C8H14O4.2C7HF11O4.C6F10O2.C4H6O3.C4H10O2.C3H6.CH4O.2K.H2O/c1-5-6(2)12-8(3,11-5)7(9)10-4;2*8-3(6(13,14)15)4(9,7(16,17)18)22-2(21-3,1(19)20)5(10,11)12;7-1(8)2-17-3(9,5(11,12)13)4(10,18-2)6(14,15)16;1-3(5)4(6)7-2;1-3(5)4(2)6;1-2-3-1;1-2;;;/h5-6H,1-4H3;2*(H,19,20);;1-2H3;3-6H,1-2H3;1-3H2;2H,1H3;;;1H2/q;;;;;;;;2*+1;/p-2. The SMILES string of the molecule is C1CC1.CC(O)C(C)O.CO.COC(=O)C(C)=O.COC(=O)C1(C)OC(C)C(C)O1.FC(F)=C1OC(F)(C(F)(F)F)C(F)(C(F)(F)F)O1.O=C(O)C1(C(F)(F)F)OC(F)(C(F)(F)F)C(F)(C(F)(F)F)O1.O=C([O-])C1(C(F)(F)F)OC(F)(C(F)(F)F)C(F)(C(F)(F)F)O1.[K+].[K+].[OH-]. The van der Waals surface area contributed by atoms with Gasteiger partial charge in [0, 0.05) is 21.0 Å². The van der Waals surface area contributed by atoms with E-state index in [1.807, 2.05) is 13.8 Å². The number of rotatable bonds is 5. The fourth-order valence-corrected chi connectivity index (χ4v) is 5.02. The first-order valence-corrected chi connectivity index (χ1v) is 22.5. The minimum absolute atomic E-state index is 0. The summed E-state index contributed by atoms with van der Waals surface area (Å²) in [5.41, 5.74) is 0. The Morgan fingerprint density at radius 2 is 0.726 bits per heavy atom. The number of carboxylic acid groups (broad SMARTS) is 2. The van der Waals surface area contributed by atoms with Crippen molar-refractivity contribution >= 4 is 29.7 Å². The first kappa shape index (κ1) is 104. The molecule has 1 saturated carbocycles. The molecule has 0 radical (unpaired) electrons. The van der Waals surface area contributed by atoms with Crippen LogP contribution in [0.1, 0.15) is 60.8 Å². The molecular formula is C40H42F32K2O21. The summed E-state index contributed by atoms with van der Waals surface area (Å²) in [4.78, 5) is 51.6. The van der Waals surface area contributed by atoms with Crippen molar-refractivity contribution in [2.45, 2.75) is 187 Å². The molecule has 0 amide bonds. The number of aliphatic hydroxyl groups is 3. The maximum Gasteiger partial charge on any atom is 1.00 e. The molecule has 4 heterocycles. The Morgan fingerprint density at radius 1 is 0.495 bits per heavy atom. The van der Waals surface area contributed by atoms with Gasteiger partial charge in [-0.3, -0.25) is 23.7 Å². The van der Waals surface area contributed by atoms with Gasteiger partial charge < -0.3 is 64.2 Å². The number of carbonyl (C=O) groups is 5. The quantitative estimate of drug-likeness (QED) is 0.133. The minimum atomic E-state index is -7.08. The number of ether oxygens (including phenoxy) is 10. The monoisotopic (exact) mass is 1540 g/mol. The third-order valence-corrected chi connectivity index (χ3v) is 10.0. The topological polar surface area (TPSA) is 312 Å². The molecule has 55 heteroatoms. The van der Waals surface area contributed by atoms with Crippen LogP contribution in [-0.2, 0) is 71.3 Å². The number of alkyl halides is 30. The molecule has 4 saturated heterocycles. The zero-order valence-electron chi connectivity index (χ0n) is 48.3. The van der Waals surface area contributed by atoms with Crippen molar-refractivity contribution in [2.24, 2.45) is 0 Å². The molecule has 10 unspecified atom stereocenters. The van der Waals surface area contributed by atoms with Crippen LogP contribution in [-0.4, -0.2) is 203 Å². The van der Waals surface area contributed by atoms with Crippen molar-refractivity contribution in [1.29, 1.82) is 0 Å². The van der Waals surface area contributed by atoms with Gasteiger partial charge in [-0.25, -0.2) is 14.4 Å². The molecule has 5 fully saturated rings. The summed E-state index contributed by atoms with van der Waals surface area (Å²) < 4.78 is 431. The molecule has 0 spiro atoms. The normalized spacial score (nSPS) is 31.5. The smallest absolute Gasteiger partial charge is 0.870 e. The third kappa shape index (κ3) is 22.8. The number of methoxy groups -OCH3 is 2. The van der Waals surface area contributed by atoms with Crippen LogP contribution in [0.25, 0.3) is 0 Å². The number of aliphatic carboxylic acids is 2. The molecule has 95 heavy (non-hydrogen) atoms. The molecule has 5 N–H and O–H groups in total. The summed E-state index contributed by atoms with van der Waals surface area (Å²) in [6.07, 6.45) is -55.1. The van der Waals surface area contributed by atoms with E-state index >= 15 is 0 Å². The second kappa shape index (κ2) is 35.4. The number of carboxylic acids is 2. The number of carbonyl (C=O) groups excluding carboxylic acids is 4. The zero-order chi connectivity index (χ0) is 75.0.